The van der Waals surface area contributed by atoms with E-state index in [1.165, 1.54) is 4.90 Å². The van der Waals surface area contributed by atoms with Crippen LogP contribution in [0.15, 0.2) is 42.6 Å². The number of hydrogen-bond donors (Lipinski definition) is 2. The van der Waals surface area contributed by atoms with E-state index in [0.717, 1.165) is 60.5 Å². The third-order valence-electron chi connectivity index (χ3n) is 5.60. The van der Waals surface area contributed by atoms with Gasteiger partial charge in [-0.25, -0.2) is 9.48 Å². The summed E-state index contributed by atoms with van der Waals surface area (Å²) in [7, 11) is 3.59. The van der Waals surface area contributed by atoms with Crippen LogP contribution in [0.3, 0.4) is 0 Å². The van der Waals surface area contributed by atoms with Crippen LogP contribution >= 0.6 is 0 Å². The van der Waals surface area contributed by atoms with Crippen molar-refractivity contribution in [3.8, 4) is 11.3 Å². The first-order valence-corrected chi connectivity index (χ1v) is 11.1. The number of ether oxygens (including phenoxy) is 1. The van der Waals surface area contributed by atoms with Gasteiger partial charge in [0.05, 0.1) is 5.69 Å². The molecule has 1 aliphatic heterocycles. The molecule has 2 heterocycles. The minimum absolute atomic E-state index is 0.0313. The average Bonchev–Trinajstić information content (AvgIpc) is 3.20. The van der Waals surface area contributed by atoms with Crippen molar-refractivity contribution in [3.63, 3.8) is 0 Å². The summed E-state index contributed by atoms with van der Waals surface area (Å²) in [5.41, 5.74) is 5.21. The molecular weight excluding hydrogens is 406 g/mol. The van der Waals surface area contributed by atoms with Gasteiger partial charge < -0.3 is 25.0 Å². The van der Waals surface area contributed by atoms with Gasteiger partial charge in [0.15, 0.2) is 0 Å². The highest BCUT2D eigenvalue weighted by molar-refractivity contribution is 5.66. The minimum Gasteiger partial charge on any atom is -0.465 e. The van der Waals surface area contributed by atoms with Crippen molar-refractivity contribution in [1.82, 2.24) is 19.6 Å². The smallest absolute Gasteiger partial charge is 0.407 e. The molecule has 2 aromatic rings. The highest BCUT2D eigenvalue weighted by Gasteiger charge is 2.21. The van der Waals surface area contributed by atoms with Crippen LogP contribution in [0.25, 0.3) is 11.3 Å². The van der Waals surface area contributed by atoms with E-state index >= 15 is 0 Å². The molecule has 0 saturated carbocycles. The molecule has 1 fully saturated rings. The zero-order valence-electron chi connectivity index (χ0n) is 19.4. The monoisotopic (exact) mass is 441 g/mol. The van der Waals surface area contributed by atoms with E-state index in [1.807, 2.05) is 18.7 Å². The first-order chi connectivity index (χ1) is 15.3. The Labute approximate surface area is 190 Å². The van der Waals surface area contributed by atoms with E-state index in [0.29, 0.717) is 19.6 Å². The minimum atomic E-state index is -0.915. The molecule has 32 heavy (non-hydrogen) atoms. The van der Waals surface area contributed by atoms with Crippen molar-refractivity contribution >= 4 is 11.8 Å². The van der Waals surface area contributed by atoms with Gasteiger partial charge in [-0.3, -0.25) is 0 Å². The zero-order chi connectivity index (χ0) is 23.1. The number of rotatable bonds is 10. The van der Waals surface area contributed by atoms with E-state index in [1.54, 1.807) is 7.05 Å². The van der Waals surface area contributed by atoms with Crippen molar-refractivity contribution in [2.75, 3.05) is 45.7 Å². The Balaban J connectivity index is 1.78. The number of nitrogens with one attached hydrogen (secondary N) is 1. The standard InChI is InChI=1S/C24H35N5O3/c1-18(2)15-25-21-10-8-19(9-11-21)23-20(16-27(3)12-13-28(4)24(30)31)17-29(26-23)22-7-5-6-14-32-22/h8-11,17,22,25H,1,5-7,12-16H2,2-4H3,(H,30,31). The van der Waals surface area contributed by atoms with Gasteiger partial charge in [-0.2, -0.15) is 5.10 Å². The Bertz CT molecular complexity index is 903. The predicted octanol–water partition coefficient (Wildman–Crippen LogP) is 4.28. The maximum atomic E-state index is 11.1. The van der Waals surface area contributed by atoms with Crippen LogP contribution in [0.1, 0.15) is 38.0 Å². The Morgan fingerprint density at radius 1 is 1.28 bits per heavy atom. The Morgan fingerprint density at radius 3 is 2.66 bits per heavy atom. The number of nitrogens with zero attached hydrogens (tertiary/aromatic N) is 4. The molecule has 0 spiro atoms. The summed E-state index contributed by atoms with van der Waals surface area (Å²) in [6.07, 6.45) is 4.33. The van der Waals surface area contributed by atoms with E-state index in [9.17, 15) is 4.79 Å². The number of carboxylic acid groups (broad SMARTS) is 1. The second-order valence-electron chi connectivity index (χ2n) is 8.63. The molecule has 8 nitrogen and oxygen atoms in total. The lowest BCUT2D eigenvalue weighted by Gasteiger charge is -2.22. The van der Waals surface area contributed by atoms with Gasteiger partial charge in [0.25, 0.3) is 0 Å². The normalized spacial score (nSPS) is 16.2. The number of hydrogen-bond acceptors (Lipinski definition) is 5. The summed E-state index contributed by atoms with van der Waals surface area (Å²) in [5.74, 6) is 0. The van der Waals surface area contributed by atoms with E-state index in [-0.39, 0.29) is 6.23 Å². The predicted molar refractivity (Wildman–Crippen MR) is 127 cm³/mol. The SMILES string of the molecule is C=C(C)CNc1ccc(-c2nn(C3CCCCO3)cc2CN(C)CCN(C)C(=O)O)cc1. The van der Waals surface area contributed by atoms with Gasteiger partial charge in [0, 0.05) is 62.8 Å². The fourth-order valence-corrected chi connectivity index (χ4v) is 3.65. The fourth-order valence-electron chi connectivity index (χ4n) is 3.65. The summed E-state index contributed by atoms with van der Waals surface area (Å²) in [6.45, 7) is 9.19. The van der Waals surface area contributed by atoms with Crippen molar-refractivity contribution in [1.29, 1.82) is 0 Å². The van der Waals surface area contributed by atoms with Crippen LogP contribution in [-0.2, 0) is 11.3 Å². The van der Waals surface area contributed by atoms with Crippen LogP contribution in [0.4, 0.5) is 10.5 Å². The quantitative estimate of drug-likeness (QED) is 0.536. The van der Waals surface area contributed by atoms with Crippen molar-refractivity contribution in [3.05, 3.63) is 48.2 Å². The number of amides is 1. The maximum absolute atomic E-state index is 11.1. The average molecular weight is 442 g/mol. The van der Waals surface area contributed by atoms with Gasteiger partial charge in [0.1, 0.15) is 6.23 Å². The Kier molecular flexibility index (Phi) is 8.30. The Hall–Kier alpha value is -2.84. The molecule has 2 N–H and O–H groups in total. The molecule has 1 saturated heterocycles. The van der Waals surface area contributed by atoms with Crippen molar-refractivity contribution < 1.29 is 14.6 Å². The number of anilines is 1. The maximum Gasteiger partial charge on any atom is 0.407 e. The summed E-state index contributed by atoms with van der Waals surface area (Å²) >= 11 is 0. The third-order valence-corrected chi connectivity index (χ3v) is 5.60. The Morgan fingerprint density at radius 2 is 2.03 bits per heavy atom. The lowest BCUT2D eigenvalue weighted by molar-refractivity contribution is -0.0394. The lowest BCUT2D eigenvalue weighted by atomic mass is 10.1. The van der Waals surface area contributed by atoms with Gasteiger partial charge in [-0.15, -0.1) is 0 Å². The molecule has 0 aliphatic carbocycles. The van der Waals surface area contributed by atoms with E-state index in [2.05, 4.69) is 47.3 Å². The molecule has 1 atom stereocenters. The van der Waals surface area contributed by atoms with Crippen molar-refractivity contribution in [2.45, 2.75) is 39.0 Å². The summed E-state index contributed by atoms with van der Waals surface area (Å²) < 4.78 is 7.90. The molecule has 1 aromatic heterocycles. The molecule has 1 amide bonds. The highest BCUT2D eigenvalue weighted by Crippen LogP contribution is 2.29. The van der Waals surface area contributed by atoms with Crippen LogP contribution in [0.2, 0.25) is 0 Å². The molecule has 1 aliphatic rings. The highest BCUT2D eigenvalue weighted by atomic mass is 16.5. The first-order valence-electron chi connectivity index (χ1n) is 11.1. The fraction of sp³-hybridized carbons (Fsp3) is 0.500. The lowest BCUT2D eigenvalue weighted by Crippen LogP contribution is -2.33. The second kappa shape index (κ2) is 11.2. The number of likely N-dealkylation sites (N-methyl/N-ethyl adjacent to an activating group) is 2. The van der Waals surface area contributed by atoms with Gasteiger partial charge in [-0.05, 0) is 45.4 Å². The van der Waals surface area contributed by atoms with Crippen LogP contribution in [-0.4, -0.2) is 71.1 Å². The third kappa shape index (κ3) is 6.58. The van der Waals surface area contributed by atoms with Crippen molar-refractivity contribution in [2.24, 2.45) is 0 Å². The summed E-state index contributed by atoms with van der Waals surface area (Å²) in [4.78, 5) is 14.5. The molecule has 174 valence electrons. The first kappa shape index (κ1) is 23.8. The summed E-state index contributed by atoms with van der Waals surface area (Å²) in [5, 5.41) is 17.4. The molecule has 0 bridgehead atoms. The van der Waals surface area contributed by atoms with Crippen LogP contribution < -0.4 is 5.32 Å². The number of benzene rings is 1. The summed E-state index contributed by atoms with van der Waals surface area (Å²) in [6, 6.07) is 8.28. The largest absolute Gasteiger partial charge is 0.465 e. The zero-order valence-corrected chi connectivity index (χ0v) is 19.4. The van der Waals surface area contributed by atoms with Gasteiger partial charge >= 0.3 is 6.09 Å². The molecule has 3 rings (SSSR count). The molecule has 0 radical (unpaired) electrons. The molecule has 1 unspecified atom stereocenters. The second-order valence-corrected chi connectivity index (χ2v) is 8.63. The van der Waals surface area contributed by atoms with Gasteiger partial charge in [0.2, 0.25) is 0 Å². The van der Waals surface area contributed by atoms with Crippen LogP contribution in [0, 0.1) is 0 Å². The molecular formula is C24H35N5O3. The molecule has 8 heteroatoms. The van der Waals surface area contributed by atoms with E-state index < -0.39 is 6.09 Å². The topological polar surface area (TPSA) is 82.9 Å². The van der Waals surface area contributed by atoms with Gasteiger partial charge in [-0.1, -0.05) is 24.3 Å². The number of aromatic nitrogens is 2. The van der Waals surface area contributed by atoms with E-state index in [4.69, 9.17) is 14.9 Å². The molecule has 1 aromatic carbocycles. The van der Waals surface area contributed by atoms with Crippen LogP contribution in [0.5, 0.6) is 0 Å². The number of carbonyl (C=O) groups is 1.